The largest absolute Gasteiger partial charge is 0.480 e. The van der Waals surface area contributed by atoms with Crippen LogP contribution in [0.15, 0.2) is 18.2 Å². The Morgan fingerprint density at radius 3 is 2.72 bits per heavy atom. The molecule has 4 bridgehead atoms. The van der Waals surface area contributed by atoms with Crippen LogP contribution in [-0.2, 0) is 11.2 Å². The molecule has 5 heteroatoms. The van der Waals surface area contributed by atoms with Crippen molar-refractivity contribution < 1.29 is 19.0 Å². The van der Waals surface area contributed by atoms with Crippen molar-refractivity contribution in [3.8, 4) is 5.75 Å². The van der Waals surface area contributed by atoms with Gasteiger partial charge in [0, 0.05) is 6.04 Å². The number of ether oxygens (including phenoxy) is 1. The quantitative estimate of drug-likeness (QED) is 0.866. The molecular weight excluding hydrogens is 321 g/mol. The molecule has 0 spiro atoms. The molecule has 1 amide bonds. The van der Waals surface area contributed by atoms with E-state index >= 15 is 0 Å². The molecule has 4 nitrogen and oxygen atoms in total. The smallest absolute Gasteiger partial charge is 0.261 e. The number of rotatable bonds is 2. The molecule has 0 radical (unpaired) electrons. The number of nitrogens with one attached hydrogen (secondary N) is 1. The van der Waals surface area contributed by atoms with Crippen molar-refractivity contribution in [3.63, 3.8) is 0 Å². The number of amides is 1. The Kier molecular flexibility index (Phi) is 3.40. The van der Waals surface area contributed by atoms with Gasteiger partial charge in [-0.1, -0.05) is 0 Å². The zero-order valence-corrected chi connectivity index (χ0v) is 14.2. The molecule has 1 aromatic rings. The fraction of sp³-hybridized carbons (Fsp3) is 0.650. The first kappa shape index (κ1) is 15.6. The molecule has 1 aromatic carbocycles. The molecule has 3 unspecified atom stereocenters. The molecule has 0 saturated heterocycles. The number of carbonyl (C=O) groups excluding carboxylic acids is 1. The van der Waals surface area contributed by atoms with Gasteiger partial charge in [0.1, 0.15) is 11.6 Å². The lowest BCUT2D eigenvalue weighted by Gasteiger charge is -2.58. The van der Waals surface area contributed by atoms with E-state index in [2.05, 4.69) is 5.32 Å². The van der Waals surface area contributed by atoms with E-state index in [-0.39, 0.29) is 17.8 Å². The van der Waals surface area contributed by atoms with Crippen LogP contribution >= 0.6 is 0 Å². The number of hydrogen-bond donors (Lipinski definition) is 2. The van der Waals surface area contributed by atoms with Crippen LogP contribution in [0.1, 0.15) is 44.1 Å². The Bertz CT molecular complexity index is 705. The van der Waals surface area contributed by atoms with Gasteiger partial charge in [0.05, 0.1) is 5.60 Å². The van der Waals surface area contributed by atoms with Crippen LogP contribution in [0.4, 0.5) is 4.39 Å². The van der Waals surface area contributed by atoms with Gasteiger partial charge >= 0.3 is 0 Å². The van der Waals surface area contributed by atoms with Crippen molar-refractivity contribution in [2.75, 3.05) is 0 Å². The third-order valence-electron chi connectivity index (χ3n) is 6.81. The molecule has 0 aromatic heterocycles. The lowest BCUT2D eigenvalue weighted by Crippen LogP contribution is -2.62. The highest BCUT2D eigenvalue weighted by Crippen LogP contribution is 2.55. The zero-order valence-electron chi connectivity index (χ0n) is 14.2. The monoisotopic (exact) mass is 345 g/mol. The van der Waals surface area contributed by atoms with Crippen molar-refractivity contribution in [2.24, 2.45) is 17.8 Å². The summed E-state index contributed by atoms with van der Waals surface area (Å²) in [7, 11) is 0. The van der Waals surface area contributed by atoms with E-state index in [1.807, 2.05) is 0 Å². The zero-order chi connectivity index (χ0) is 17.2. The fourth-order valence-electron chi connectivity index (χ4n) is 6.02. The maximum Gasteiger partial charge on any atom is 0.261 e. The van der Waals surface area contributed by atoms with Crippen LogP contribution in [0.2, 0.25) is 0 Å². The average molecular weight is 345 g/mol. The number of aliphatic hydroxyl groups is 1. The van der Waals surface area contributed by atoms with Gasteiger partial charge in [-0.05, 0) is 86.5 Å². The van der Waals surface area contributed by atoms with E-state index in [0.717, 1.165) is 37.7 Å². The summed E-state index contributed by atoms with van der Waals surface area (Å²) in [6.07, 6.45) is 5.56. The predicted molar refractivity (Wildman–Crippen MR) is 89.6 cm³/mol. The molecule has 4 saturated carbocycles. The van der Waals surface area contributed by atoms with Crippen LogP contribution in [-0.4, -0.2) is 28.8 Å². The van der Waals surface area contributed by atoms with Crippen molar-refractivity contribution >= 4 is 5.91 Å². The summed E-state index contributed by atoms with van der Waals surface area (Å²) in [5.74, 6) is 1.71. The summed E-state index contributed by atoms with van der Waals surface area (Å²) in [4.78, 5) is 12.8. The first-order valence-electron chi connectivity index (χ1n) is 9.47. The van der Waals surface area contributed by atoms with Gasteiger partial charge in [0.25, 0.3) is 5.91 Å². The van der Waals surface area contributed by atoms with Crippen molar-refractivity contribution in [3.05, 3.63) is 29.6 Å². The number of carbonyl (C=O) groups is 1. The van der Waals surface area contributed by atoms with E-state index in [1.165, 1.54) is 12.1 Å². The van der Waals surface area contributed by atoms with E-state index in [9.17, 15) is 14.3 Å². The maximum absolute atomic E-state index is 13.3. The summed E-state index contributed by atoms with van der Waals surface area (Å²) >= 11 is 0. The second-order valence-corrected chi connectivity index (χ2v) is 8.63. The second-order valence-electron chi connectivity index (χ2n) is 8.63. The third kappa shape index (κ3) is 2.64. The number of benzene rings is 1. The Balaban J connectivity index is 1.28. The average Bonchev–Trinajstić information content (AvgIpc) is 2.56. The van der Waals surface area contributed by atoms with Crippen molar-refractivity contribution in [1.82, 2.24) is 5.32 Å². The third-order valence-corrected chi connectivity index (χ3v) is 6.81. The van der Waals surface area contributed by atoms with E-state index in [1.54, 1.807) is 6.07 Å². The van der Waals surface area contributed by atoms with Crippen LogP contribution in [0.25, 0.3) is 0 Å². The summed E-state index contributed by atoms with van der Waals surface area (Å²) in [6, 6.07) is 4.64. The highest BCUT2D eigenvalue weighted by atomic mass is 19.1. The van der Waals surface area contributed by atoms with Gasteiger partial charge in [-0.2, -0.15) is 0 Å². The second kappa shape index (κ2) is 5.44. The lowest BCUT2D eigenvalue weighted by atomic mass is 9.52. The molecule has 4 fully saturated rings. The SMILES string of the molecule is O=C(NC1[C@@H]2CC3C[C@H]1CC(O)(C3)C2)[C@@H]1CCc2cc(F)ccc2O1. The summed E-state index contributed by atoms with van der Waals surface area (Å²) in [5, 5.41) is 13.9. The van der Waals surface area contributed by atoms with Gasteiger partial charge in [-0.15, -0.1) is 0 Å². The molecule has 6 atom stereocenters. The minimum absolute atomic E-state index is 0.0561. The molecule has 5 aliphatic rings. The highest BCUT2D eigenvalue weighted by molar-refractivity contribution is 5.82. The lowest BCUT2D eigenvalue weighted by molar-refractivity contribution is -0.149. The van der Waals surface area contributed by atoms with E-state index in [0.29, 0.717) is 36.3 Å². The van der Waals surface area contributed by atoms with Crippen LogP contribution < -0.4 is 10.1 Å². The first-order chi connectivity index (χ1) is 12.0. The molecule has 2 N–H and O–H groups in total. The number of aryl methyl sites for hydroxylation is 1. The maximum atomic E-state index is 13.3. The van der Waals surface area contributed by atoms with Crippen LogP contribution in [0, 0.1) is 23.6 Å². The van der Waals surface area contributed by atoms with Crippen molar-refractivity contribution in [1.29, 1.82) is 0 Å². The van der Waals surface area contributed by atoms with Gasteiger partial charge in [0.2, 0.25) is 0 Å². The Morgan fingerprint density at radius 1 is 1.24 bits per heavy atom. The Labute approximate surface area is 146 Å². The van der Waals surface area contributed by atoms with Crippen LogP contribution in [0.3, 0.4) is 0 Å². The van der Waals surface area contributed by atoms with E-state index < -0.39 is 11.7 Å². The van der Waals surface area contributed by atoms with Gasteiger partial charge < -0.3 is 15.2 Å². The normalized spacial score (nSPS) is 41.1. The van der Waals surface area contributed by atoms with E-state index in [4.69, 9.17) is 4.74 Å². The topological polar surface area (TPSA) is 58.6 Å². The molecular formula is C20H24FNO3. The standard InChI is InChI=1S/C20H24FNO3/c21-15-2-4-16-12(7-15)1-3-17(25-16)19(23)22-18-13-5-11-6-14(18)10-20(24,8-11)9-13/h2,4,7,11,13-14,17-18,24H,1,3,5-6,8-10H2,(H,22,23)/t11?,13-,14+,17-,18?,20?/m0/s1. The molecule has 25 heavy (non-hydrogen) atoms. The summed E-state index contributed by atoms with van der Waals surface area (Å²) in [6.45, 7) is 0. The molecule has 1 heterocycles. The molecule has 134 valence electrons. The number of hydrogen-bond acceptors (Lipinski definition) is 3. The number of fused-ring (bicyclic) bond motifs is 1. The van der Waals surface area contributed by atoms with Crippen LogP contribution in [0.5, 0.6) is 5.75 Å². The van der Waals surface area contributed by atoms with Gasteiger partial charge in [-0.3, -0.25) is 4.79 Å². The summed E-state index contributed by atoms with van der Waals surface area (Å²) < 4.78 is 19.1. The number of halogens is 1. The Hall–Kier alpha value is -1.62. The first-order valence-corrected chi connectivity index (χ1v) is 9.47. The van der Waals surface area contributed by atoms with Gasteiger partial charge in [0.15, 0.2) is 6.10 Å². The fourth-order valence-corrected chi connectivity index (χ4v) is 6.02. The molecule has 6 rings (SSSR count). The molecule has 1 aliphatic heterocycles. The Morgan fingerprint density at radius 2 is 2.00 bits per heavy atom. The molecule has 4 aliphatic carbocycles. The predicted octanol–water partition coefficient (Wildman–Crippen LogP) is 2.58. The minimum atomic E-state index is -0.502. The van der Waals surface area contributed by atoms with Gasteiger partial charge in [-0.25, -0.2) is 4.39 Å². The summed E-state index contributed by atoms with van der Waals surface area (Å²) in [5.41, 5.74) is 0.350. The minimum Gasteiger partial charge on any atom is -0.480 e. The highest BCUT2D eigenvalue weighted by Gasteiger charge is 2.55. The van der Waals surface area contributed by atoms with Crippen molar-refractivity contribution in [2.45, 2.75) is 62.7 Å².